The Balaban J connectivity index is 1.57. The third kappa shape index (κ3) is 3.50. The molecule has 0 unspecified atom stereocenters. The molecule has 1 amide bonds. The van der Waals surface area contributed by atoms with Crippen LogP contribution in [0.25, 0.3) is 0 Å². The lowest BCUT2D eigenvalue weighted by atomic mass is 9.99. The van der Waals surface area contributed by atoms with Crippen molar-refractivity contribution in [1.82, 2.24) is 0 Å². The maximum absolute atomic E-state index is 11.9. The number of benzene rings is 1. The molecule has 1 aromatic heterocycles. The Hall–Kier alpha value is -1.50. The monoisotopic (exact) mass is 389 g/mol. The van der Waals surface area contributed by atoms with E-state index in [1.165, 1.54) is 19.5 Å². The minimum absolute atomic E-state index is 0.193. The number of carbonyl (C=O) groups is 1. The summed E-state index contributed by atoms with van der Waals surface area (Å²) in [6.07, 6.45) is 3.59. The number of anilines is 1. The number of methoxy groups -OCH3 is 1. The highest BCUT2D eigenvalue weighted by molar-refractivity contribution is 8.01. The Morgan fingerprint density at radius 2 is 2.04 bits per heavy atom. The second-order valence-corrected chi connectivity index (χ2v) is 9.16. The maximum Gasteiger partial charge on any atom is 0.227 e. The molecule has 1 saturated heterocycles. The number of hydrogen-bond acceptors (Lipinski definition) is 5. The van der Waals surface area contributed by atoms with Gasteiger partial charge in [-0.1, -0.05) is 11.8 Å². The highest BCUT2D eigenvalue weighted by atomic mass is 32.2. The fraction of sp³-hybridized carbons (Fsp3) is 0.450. The number of carbonyl (C=O) groups excluding carboxylic acids is 1. The number of hydrogen-bond donors (Lipinski definition) is 0. The van der Waals surface area contributed by atoms with E-state index in [2.05, 4.69) is 24.3 Å². The molecule has 6 heteroatoms. The van der Waals surface area contributed by atoms with Crippen LogP contribution in [0, 0.1) is 0 Å². The second-order valence-electron chi connectivity index (χ2n) is 6.74. The van der Waals surface area contributed by atoms with Gasteiger partial charge in [0.1, 0.15) is 9.96 Å². The molecule has 138 valence electrons. The van der Waals surface area contributed by atoms with Crippen LogP contribution in [-0.2, 0) is 16.0 Å². The molecule has 2 aromatic rings. The first-order valence-corrected chi connectivity index (χ1v) is 10.6. The van der Waals surface area contributed by atoms with Crippen molar-refractivity contribution in [2.45, 2.75) is 40.7 Å². The van der Waals surface area contributed by atoms with Crippen LogP contribution >= 0.6 is 23.1 Å². The fourth-order valence-corrected chi connectivity index (χ4v) is 6.14. The van der Waals surface area contributed by atoms with E-state index in [4.69, 9.17) is 9.47 Å². The van der Waals surface area contributed by atoms with Gasteiger partial charge in [-0.25, -0.2) is 0 Å². The highest BCUT2D eigenvalue weighted by Crippen LogP contribution is 2.46. The van der Waals surface area contributed by atoms with Gasteiger partial charge in [0, 0.05) is 42.1 Å². The molecule has 0 spiro atoms. The third-order valence-corrected chi connectivity index (χ3v) is 7.58. The highest BCUT2D eigenvalue weighted by Gasteiger charge is 2.23. The van der Waals surface area contributed by atoms with E-state index in [1.807, 2.05) is 18.4 Å². The van der Waals surface area contributed by atoms with Gasteiger partial charge < -0.3 is 14.4 Å². The average molecular weight is 390 g/mol. The molecule has 1 aromatic carbocycles. The minimum atomic E-state index is 0.193. The lowest BCUT2D eigenvalue weighted by molar-refractivity contribution is -0.118. The summed E-state index contributed by atoms with van der Waals surface area (Å²) in [7, 11) is 3.60. The molecule has 0 atom stereocenters. The average Bonchev–Trinajstić information content (AvgIpc) is 3.08. The summed E-state index contributed by atoms with van der Waals surface area (Å²) in [6.45, 7) is 1.70. The van der Waals surface area contributed by atoms with Gasteiger partial charge in [-0.2, -0.15) is 0 Å². The van der Waals surface area contributed by atoms with Crippen LogP contribution in [0.3, 0.4) is 0 Å². The van der Waals surface area contributed by atoms with Crippen molar-refractivity contribution in [1.29, 1.82) is 0 Å². The first-order valence-electron chi connectivity index (χ1n) is 8.98. The van der Waals surface area contributed by atoms with Crippen molar-refractivity contribution in [2.24, 2.45) is 0 Å². The zero-order chi connectivity index (χ0) is 18.1. The maximum atomic E-state index is 11.9. The number of rotatable bonds is 4. The molecule has 0 saturated carbocycles. The topological polar surface area (TPSA) is 38.8 Å². The van der Waals surface area contributed by atoms with Gasteiger partial charge in [0.2, 0.25) is 5.91 Å². The second kappa shape index (κ2) is 7.62. The van der Waals surface area contributed by atoms with E-state index < -0.39 is 0 Å². The Morgan fingerprint density at radius 3 is 2.81 bits per heavy atom. The van der Waals surface area contributed by atoms with Gasteiger partial charge in [0.05, 0.1) is 7.11 Å². The third-order valence-electron chi connectivity index (χ3n) is 5.13. The van der Waals surface area contributed by atoms with Gasteiger partial charge in [0.15, 0.2) is 0 Å². The summed E-state index contributed by atoms with van der Waals surface area (Å²) in [5.74, 6) is 1.74. The van der Waals surface area contributed by atoms with Gasteiger partial charge in [0.25, 0.3) is 0 Å². The lowest BCUT2D eigenvalue weighted by Crippen LogP contribution is -2.30. The van der Waals surface area contributed by atoms with E-state index in [9.17, 15) is 4.79 Å². The van der Waals surface area contributed by atoms with Crippen molar-refractivity contribution in [3.63, 3.8) is 0 Å². The van der Waals surface area contributed by atoms with E-state index in [1.54, 1.807) is 23.8 Å². The number of amides is 1. The number of nitrogens with zero attached hydrogens (tertiary/aromatic N) is 1. The van der Waals surface area contributed by atoms with E-state index in [-0.39, 0.29) is 5.91 Å². The number of ether oxygens (including phenoxy) is 2. The molecule has 0 bridgehead atoms. The van der Waals surface area contributed by atoms with Crippen LogP contribution in [0.5, 0.6) is 5.75 Å². The van der Waals surface area contributed by atoms with E-state index in [0.29, 0.717) is 12.3 Å². The van der Waals surface area contributed by atoms with Crippen molar-refractivity contribution < 1.29 is 14.3 Å². The van der Waals surface area contributed by atoms with Crippen molar-refractivity contribution >= 4 is 34.7 Å². The summed E-state index contributed by atoms with van der Waals surface area (Å²) in [4.78, 5) is 16.2. The number of fused-ring (bicyclic) bond motifs is 1. The molecule has 0 radical (unpaired) electrons. The molecule has 3 heterocycles. The van der Waals surface area contributed by atoms with Crippen LogP contribution in [-0.4, -0.2) is 33.3 Å². The molecule has 0 aliphatic carbocycles. The number of aryl methyl sites for hydroxylation is 1. The van der Waals surface area contributed by atoms with Gasteiger partial charge in [-0.15, -0.1) is 11.3 Å². The summed E-state index contributed by atoms with van der Waals surface area (Å²) in [5, 5.41) is 0. The molecule has 4 nitrogen and oxygen atoms in total. The minimum Gasteiger partial charge on any atom is -0.495 e. The Morgan fingerprint density at radius 1 is 1.23 bits per heavy atom. The van der Waals surface area contributed by atoms with Crippen molar-refractivity contribution in [3.8, 4) is 5.75 Å². The molecular weight excluding hydrogens is 366 g/mol. The normalized spacial score (nSPS) is 18.1. The predicted octanol–water partition coefficient (Wildman–Crippen LogP) is 4.71. The van der Waals surface area contributed by atoms with Crippen LogP contribution in [0.2, 0.25) is 0 Å². The van der Waals surface area contributed by atoms with Gasteiger partial charge >= 0.3 is 0 Å². The predicted molar refractivity (Wildman–Crippen MR) is 106 cm³/mol. The fourth-order valence-electron chi connectivity index (χ4n) is 3.58. The van der Waals surface area contributed by atoms with Gasteiger partial charge in [-0.05, 0) is 55.0 Å². The summed E-state index contributed by atoms with van der Waals surface area (Å²) in [5.41, 5.74) is 2.28. The lowest BCUT2D eigenvalue weighted by Gasteiger charge is -2.26. The van der Waals surface area contributed by atoms with E-state index >= 15 is 0 Å². The summed E-state index contributed by atoms with van der Waals surface area (Å²) in [6, 6.07) is 8.59. The Labute approximate surface area is 162 Å². The van der Waals surface area contributed by atoms with E-state index in [0.717, 1.165) is 43.9 Å². The van der Waals surface area contributed by atoms with Crippen LogP contribution < -0.4 is 9.64 Å². The Bertz CT molecular complexity index is 811. The van der Waals surface area contributed by atoms with Crippen LogP contribution in [0.1, 0.15) is 35.6 Å². The van der Waals surface area contributed by atoms with Crippen LogP contribution in [0.4, 0.5) is 5.69 Å². The molecule has 26 heavy (non-hydrogen) atoms. The SMILES string of the molecule is COc1cc(C2CCOCC2)sc1Sc1ccc2c(c1)CCC(=O)N2C. The smallest absolute Gasteiger partial charge is 0.227 e. The van der Waals surface area contributed by atoms with Crippen molar-refractivity contribution in [2.75, 3.05) is 32.3 Å². The quantitative estimate of drug-likeness (QED) is 0.759. The standard InChI is InChI=1S/C20H23NO3S2/c1-21-16-5-4-15(11-14(16)3-6-19(21)22)25-20-17(23-2)12-18(26-20)13-7-9-24-10-8-13/h4-5,11-13H,3,6-10H2,1-2H3. The molecule has 0 N–H and O–H groups in total. The zero-order valence-electron chi connectivity index (χ0n) is 15.1. The summed E-state index contributed by atoms with van der Waals surface area (Å²) < 4.78 is 12.3. The van der Waals surface area contributed by atoms with Gasteiger partial charge in [-0.3, -0.25) is 4.79 Å². The molecule has 2 aliphatic rings. The van der Waals surface area contributed by atoms with Crippen molar-refractivity contribution in [3.05, 3.63) is 34.7 Å². The molecule has 4 rings (SSSR count). The summed E-state index contributed by atoms with van der Waals surface area (Å²) >= 11 is 3.60. The first-order chi connectivity index (χ1) is 12.7. The molecule has 1 fully saturated rings. The van der Waals surface area contributed by atoms with Crippen LogP contribution in [0.15, 0.2) is 33.4 Å². The zero-order valence-corrected chi connectivity index (χ0v) is 16.8. The molecular formula is C20H23NO3S2. The first kappa shape index (κ1) is 17.9. The molecule has 2 aliphatic heterocycles. The largest absolute Gasteiger partial charge is 0.495 e. The Kier molecular flexibility index (Phi) is 5.25. The number of thiophene rings is 1.